The zero-order valence-electron chi connectivity index (χ0n) is 18.7. The van der Waals surface area contributed by atoms with Gasteiger partial charge in [-0.25, -0.2) is 9.37 Å². The average Bonchev–Trinajstić information content (AvgIpc) is 3.45. The number of nitriles is 1. The van der Waals surface area contributed by atoms with Crippen molar-refractivity contribution in [3.8, 4) is 11.8 Å². The van der Waals surface area contributed by atoms with Crippen LogP contribution in [0.4, 0.5) is 10.1 Å². The molecule has 5 rings (SSSR count). The molecule has 1 fully saturated rings. The Kier molecular flexibility index (Phi) is 5.72. The highest BCUT2D eigenvalue weighted by Gasteiger charge is 2.22. The van der Waals surface area contributed by atoms with Crippen LogP contribution < -0.4 is 9.64 Å². The monoisotopic (exact) mass is 454 g/mol. The summed E-state index contributed by atoms with van der Waals surface area (Å²) in [7, 11) is 0. The van der Waals surface area contributed by atoms with Gasteiger partial charge in [0.15, 0.2) is 0 Å². The van der Waals surface area contributed by atoms with Crippen molar-refractivity contribution in [2.75, 3.05) is 11.4 Å². The second-order valence-electron chi connectivity index (χ2n) is 8.38. The lowest BCUT2D eigenvalue weighted by Gasteiger charge is -2.19. The molecule has 1 aromatic heterocycles. The Balaban J connectivity index is 1.48. The first-order chi connectivity index (χ1) is 16.5. The fourth-order valence-corrected chi connectivity index (χ4v) is 4.45. The molecule has 0 N–H and O–H groups in total. The van der Waals surface area contributed by atoms with Crippen LogP contribution in [0.5, 0.6) is 5.75 Å². The molecule has 0 saturated carbocycles. The number of nitrogens with zero attached hydrogens (tertiary/aromatic N) is 4. The number of fused-ring (bicyclic) bond motifs is 1. The van der Waals surface area contributed by atoms with Crippen LogP contribution >= 0.6 is 0 Å². The van der Waals surface area contributed by atoms with E-state index in [1.54, 1.807) is 23.1 Å². The second kappa shape index (κ2) is 8.99. The van der Waals surface area contributed by atoms with Gasteiger partial charge in [-0.15, -0.1) is 0 Å². The Hall–Kier alpha value is -4.18. The number of carbonyl (C=O) groups is 1. The standard InChI is InChI=1S/C27H23FN4O2/c1-18(20-8-10-21(28)11-9-20)32-25-14-19(16-29)7-12-24(25)30-26(32)17-34-23-5-2-4-22(15-23)31-13-3-6-27(31)33/h2,4-5,7-12,14-15,18H,3,6,13,17H2,1H3/t18-/m0/s1. The van der Waals surface area contributed by atoms with E-state index >= 15 is 0 Å². The number of halogens is 1. The lowest BCUT2D eigenvalue weighted by molar-refractivity contribution is -0.117. The van der Waals surface area contributed by atoms with Crippen LogP contribution in [-0.2, 0) is 11.4 Å². The van der Waals surface area contributed by atoms with E-state index < -0.39 is 0 Å². The molecule has 0 unspecified atom stereocenters. The summed E-state index contributed by atoms with van der Waals surface area (Å²) in [6.45, 7) is 2.92. The summed E-state index contributed by atoms with van der Waals surface area (Å²) in [6.07, 6.45) is 1.43. The summed E-state index contributed by atoms with van der Waals surface area (Å²) in [5.41, 5.74) is 3.84. The van der Waals surface area contributed by atoms with Crippen LogP contribution in [0.2, 0.25) is 0 Å². The van der Waals surface area contributed by atoms with Crippen molar-refractivity contribution in [3.05, 3.63) is 89.5 Å². The number of aromatic nitrogens is 2. The van der Waals surface area contributed by atoms with Crippen molar-refractivity contribution >= 4 is 22.6 Å². The number of imidazole rings is 1. The summed E-state index contributed by atoms with van der Waals surface area (Å²) < 4.78 is 21.6. The van der Waals surface area contributed by atoms with E-state index in [1.165, 1.54) is 12.1 Å². The third-order valence-electron chi connectivity index (χ3n) is 6.20. The quantitative estimate of drug-likeness (QED) is 0.393. The number of hydrogen-bond donors (Lipinski definition) is 0. The molecule has 0 aliphatic carbocycles. The van der Waals surface area contributed by atoms with Gasteiger partial charge in [0.2, 0.25) is 5.91 Å². The number of rotatable bonds is 6. The first-order valence-electron chi connectivity index (χ1n) is 11.2. The lowest BCUT2D eigenvalue weighted by atomic mass is 10.1. The van der Waals surface area contributed by atoms with E-state index in [0.717, 1.165) is 28.7 Å². The Morgan fingerprint density at radius 1 is 1.15 bits per heavy atom. The third-order valence-corrected chi connectivity index (χ3v) is 6.20. The first kappa shape index (κ1) is 21.7. The summed E-state index contributed by atoms with van der Waals surface area (Å²) in [6, 6.07) is 21.3. The van der Waals surface area contributed by atoms with Gasteiger partial charge < -0.3 is 14.2 Å². The summed E-state index contributed by atoms with van der Waals surface area (Å²) in [5, 5.41) is 9.39. The second-order valence-corrected chi connectivity index (χ2v) is 8.38. The van der Waals surface area contributed by atoms with Crippen LogP contribution in [0, 0.1) is 17.1 Å². The summed E-state index contributed by atoms with van der Waals surface area (Å²) in [4.78, 5) is 18.7. The molecule has 1 saturated heterocycles. The van der Waals surface area contributed by atoms with Crippen molar-refractivity contribution in [2.45, 2.75) is 32.4 Å². The highest BCUT2D eigenvalue weighted by Crippen LogP contribution is 2.29. The van der Waals surface area contributed by atoms with E-state index in [1.807, 2.05) is 47.9 Å². The van der Waals surface area contributed by atoms with E-state index in [9.17, 15) is 14.4 Å². The van der Waals surface area contributed by atoms with Gasteiger partial charge in [-0.05, 0) is 61.4 Å². The van der Waals surface area contributed by atoms with Crippen molar-refractivity contribution < 1.29 is 13.9 Å². The number of anilines is 1. The zero-order chi connectivity index (χ0) is 23.7. The maximum Gasteiger partial charge on any atom is 0.227 e. The molecule has 1 aliphatic rings. The molecule has 4 aromatic rings. The Bertz CT molecular complexity index is 1400. The summed E-state index contributed by atoms with van der Waals surface area (Å²) >= 11 is 0. The van der Waals surface area contributed by atoms with Gasteiger partial charge in [-0.1, -0.05) is 18.2 Å². The van der Waals surface area contributed by atoms with Crippen molar-refractivity contribution in [1.29, 1.82) is 5.26 Å². The normalized spacial score (nSPS) is 14.4. The molecular weight excluding hydrogens is 431 g/mol. The van der Waals surface area contributed by atoms with E-state index in [2.05, 4.69) is 6.07 Å². The molecule has 34 heavy (non-hydrogen) atoms. The lowest BCUT2D eigenvalue weighted by Crippen LogP contribution is -2.23. The minimum atomic E-state index is -0.293. The highest BCUT2D eigenvalue weighted by atomic mass is 19.1. The topological polar surface area (TPSA) is 71.2 Å². The van der Waals surface area contributed by atoms with Gasteiger partial charge in [0, 0.05) is 24.7 Å². The van der Waals surface area contributed by atoms with Crippen molar-refractivity contribution in [3.63, 3.8) is 0 Å². The molecule has 1 amide bonds. The molecule has 0 bridgehead atoms. The van der Waals surface area contributed by atoms with Gasteiger partial charge in [-0.2, -0.15) is 5.26 Å². The third kappa shape index (κ3) is 4.11. The first-order valence-corrected chi connectivity index (χ1v) is 11.2. The Morgan fingerprint density at radius 3 is 2.71 bits per heavy atom. The molecule has 2 heterocycles. The number of amides is 1. The van der Waals surface area contributed by atoms with Crippen LogP contribution in [-0.4, -0.2) is 22.0 Å². The molecular formula is C27H23FN4O2. The fourth-order valence-electron chi connectivity index (χ4n) is 4.45. The van der Waals surface area contributed by atoms with Gasteiger partial charge in [0.1, 0.15) is 24.0 Å². The smallest absolute Gasteiger partial charge is 0.227 e. The van der Waals surface area contributed by atoms with E-state index in [-0.39, 0.29) is 24.4 Å². The minimum Gasteiger partial charge on any atom is -0.486 e. The molecule has 1 atom stereocenters. The Labute approximate surface area is 196 Å². The number of ether oxygens (including phenoxy) is 1. The Morgan fingerprint density at radius 2 is 1.97 bits per heavy atom. The molecule has 6 nitrogen and oxygen atoms in total. The fraction of sp³-hybridized carbons (Fsp3) is 0.222. The number of carbonyl (C=O) groups excluding carboxylic acids is 1. The largest absolute Gasteiger partial charge is 0.486 e. The molecule has 0 radical (unpaired) electrons. The zero-order valence-corrected chi connectivity index (χ0v) is 18.7. The van der Waals surface area contributed by atoms with Crippen LogP contribution in [0.25, 0.3) is 11.0 Å². The van der Waals surface area contributed by atoms with Crippen LogP contribution in [0.15, 0.2) is 66.7 Å². The van der Waals surface area contributed by atoms with Crippen LogP contribution in [0.1, 0.15) is 42.8 Å². The maximum atomic E-state index is 13.5. The van der Waals surface area contributed by atoms with E-state index in [4.69, 9.17) is 9.72 Å². The average molecular weight is 455 g/mol. The molecule has 7 heteroatoms. The predicted molar refractivity (Wildman–Crippen MR) is 127 cm³/mol. The summed E-state index contributed by atoms with van der Waals surface area (Å²) in [5.74, 6) is 1.16. The minimum absolute atomic E-state index is 0.125. The van der Waals surface area contributed by atoms with Gasteiger partial charge >= 0.3 is 0 Å². The van der Waals surface area contributed by atoms with Gasteiger partial charge in [0.25, 0.3) is 0 Å². The van der Waals surface area contributed by atoms with Crippen molar-refractivity contribution in [2.24, 2.45) is 0 Å². The molecule has 3 aromatic carbocycles. The predicted octanol–water partition coefficient (Wildman–Crippen LogP) is 5.36. The number of hydrogen-bond acceptors (Lipinski definition) is 4. The van der Waals surface area contributed by atoms with Crippen LogP contribution in [0.3, 0.4) is 0 Å². The number of benzene rings is 3. The van der Waals surface area contributed by atoms with Gasteiger partial charge in [0.05, 0.1) is 28.7 Å². The van der Waals surface area contributed by atoms with E-state index in [0.29, 0.717) is 30.1 Å². The molecule has 0 spiro atoms. The highest BCUT2D eigenvalue weighted by molar-refractivity contribution is 5.95. The maximum absolute atomic E-state index is 13.5. The molecule has 1 aliphatic heterocycles. The van der Waals surface area contributed by atoms with Crippen molar-refractivity contribution in [1.82, 2.24) is 9.55 Å². The van der Waals surface area contributed by atoms with Gasteiger partial charge in [-0.3, -0.25) is 4.79 Å². The molecule has 170 valence electrons. The SMILES string of the molecule is C[C@@H](c1ccc(F)cc1)n1c(COc2cccc(N3CCCC3=O)c2)nc2ccc(C#N)cc21.